The Morgan fingerprint density at radius 3 is 3.15 bits per heavy atom. The van der Waals surface area contributed by atoms with Gasteiger partial charge in [-0.3, -0.25) is 4.79 Å². The van der Waals surface area contributed by atoms with Gasteiger partial charge in [-0.25, -0.2) is 4.98 Å². The number of hydrogen-bond donors (Lipinski definition) is 2. The van der Waals surface area contributed by atoms with E-state index in [2.05, 4.69) is 15.6 Å². The first-order valence-corrected chi connectivity index (χ1v) is 7.16. The number of amides is 1. The van der Waals surface area contributed by atoms with Gasteiger partial charge in [0.1, 0.15) is 5.52 Å². The molecule has 0 spiro atoms. The minimum absolute atomic E-state index is 0.104. The van der Waals surface area contributed by atoms with E-state index in [-0.39, 0.29) is 11.8 Å². The van der Waals surface area contributed by atoms with Crippen LogP contribution in [0.3, 0.4) is 0 Å². The normalized spacial score (nSPS) is 19.1. The zero-order chi connectivity index (χ0) is 13.8. The fourth-order valence-electron chi connectivity index (χ4n) is 2.54. The standard InChI is InChI=1S/C15H19N3O2/c19-15(11-4-3-8-16-10-11)17-9-7-14-18-12-5-1-2-6-13(12)20-14/h1-2,5-6,11,16H,3-4,7-10H2,(H,17,19). The van der Waals surface area contributed by atoms with E-state index in [0.29, 0.717) is 18.9 Å². The lowest BCUT2D eigenvalue weighted by Crippen LogP contribution is -2.41. The summed E-state index contributed by atoms with van der Waals surface area (Å²) >= 11 is 0. The van der Waals surface area contributed by atoms with Crippen LogP contribution in [0.5, 0.6) is 0 Å². The van der Waals surface area contributed by atoms with Gasteiger partial charge in [-0.1, -0.05) is 12.1 Å². The molecule has 0 radical (unpaired) electrons. The number of carbonyl (C=O) groups excluding carboxylic acids is 1. The van der Waals surface area contributed by atoms with Crippen LogP contribution >= 0.6 is 0 Å². The molecule has 0 bridgehead atoms. The van der Waals surface area contributed by atoms with Crippen LogP contribution in [-0.4, -0.2) is 30.5 Å². The number of para-hydroxylation sites is 2. The van der Waals surface area contributed by atoms with Crippen molar-refractivity contribution in [1.82, 2.24) is 15.6 Å². The summed E-state index contributed by atoms with van der Waals surface area (Å²) in [5, 5.41) is 6.22. The van der Waals surface area contributed by atoms with Crippen LogP contribution in [0.25, 0.3) is 11.1 Å². The molecule has 0 aliphatic carbocycles. The summed E-state index contributed by atoms with van der Waals surface area (Å²) < 4.78 is 5.62. The Balaban J connectivity index is 1.50. The molecule has 2 aromatic rings. The van der Waals surface area contributed by atoms with Crippen molar-refractivity contribution in [3.05, 3.63) is 30.2 Å². The molecule has 1 aliphatic rings. The van der Waals surface area contributed by atoms with E-state index >= 15 is 0 Å². The molecule has 1 aliphatic heterocycles. The van der Waals surface area contributed by atoms with Crippen molar-refractivity contribution in [3.8, 4) is 0 Å². The van der Waals surface area contributed by atoms with Gasteiger partial charge in [-0.2, -0.15) is 0 Å². The van der Waals surface area contributed by atoms with Crippen molar-refractivity contribution >= 4 is 17.0 Å². The van der Waals surface area contributed by atoms with Gasteiger partial charge in [-0.15, -0.1) is 0 Å². The molecule has 2 heterocycles. The van der Waals surface area contributed by atoms with Gasteiger partial charge < -0.3 is 15.1 Å². The first kappa shape index (κ1) is 13.1. The lowest BCUT2D eigenvalue weighted by atomic mass is 9.99. The van der Waals surface area contributed by atoms with Gasteiger partial charge in [-0.05, 0) is 31.5 Å². The number of nitrogens with one attached hydrogen (secondary N) is 2. The maximum absolute atomic E-state index is 12.0. The number of carbonyl (C=O) groups is 1. The molecule has 1 aromatic heterocycles. The summed E-state index contributed by atoms with van der Waals surface area (Å²) in [6.07, 6.45) is 2.67. The molecule has 1 unspecified atom stereocenters. The maximum Gasteiger partial charge on any atom is 0.224 e. The molecular weight excluding hydrogens is 254 g/mol. The first-order valence-electron chi connectivity index (χ1n) is 7.16. The van der Waals surface area contributed by atoms with Crippen molar-refractivity contribution in [2.24, 2.45) is 5.92 Å². The minimum Gasteiger partial charge on any atom is -0.441 e. The molecule has 5 nitrogen and oxygen atoms in total. The molecule has 1 atom stereocenters. The summed E-state index contributed by atoms with van der Waals surface area (Å²) in [4.78, 5) is 16.4. The second-order valence-electron chi connectivity index (χ2n) is 5.16. The molecule has 1 aromatic carbocycles. The number of aromatic nitrogens is 1. The van der Waals surface area contributed by atoms with Crippen molar-refractivity contribution in [2.45, 2.75) is 19.3 Å². The van der Waals surface area contributed by atoms with E-state index in [9.17, 15) is 4.79 Å². The SMILES string of the molecule is O=C(NCCc1nc2ccccc2o1)C1CCCNC1. The lowest BCUT2D eigenvalue weighted by Gasteiger charge is -2.21. The highest BCUT2D eigenvalue weighted by atomic mass is 16.3. The topological polar surface area (TPSA) is 67.2 Å². The molecule has 1 amide bonds. The van der Waals surface area contributed by atoms with E-state index in [1.807, 2.05) is 24.3 Å². The average Bonchev–Trinajstić information content (AvgIpc) is 2.90. The monoisotopic (exact) mass is 273 g/mol. The maximum atomic E-state index is 12.0. The predicted octanol–water partition coefficient (Wildman–Crippen LogP) is 1.49. The minimum atomic E-state index is 0.104. The Morgan fingerprint density at radius 1 is 1.45 bits per heavy atom. The Labute approximate surface area is 117 Å². The zero-order valence-corrected chi connectivity index (χ0v) is 11.4. The van der Waals surface area contributed by atoms with Crippen molar-refractivity contribution in [3.63, 3.8) is 0 Å². The summed E-state index contributed by atoms with van der Waals surface area (Å²) in [5.74, 6) is 0.911. The molecule has 106 valence electrons. The number of oxazole rings is 1. The Morgan fingerprint density at radius 2 is 2.35 bits per heavy atom. The summed E-state index contributed by atoms with van der Waals surface area (Å²) in [6.45, 7) is 2.38. The third kappa shape index (κ3) is 2.99. The van der Waals surface area contributed by atoms with E-state index in [1.54, 1.807) is 0 Å². The highest BCUT2D eigenvalue weighted by molar-refractivity contribution is 5.79. The summed E-state index contributed by atoms with van der Waals surface area (Å²) in [5.41, 5.74) is 1.66. The predicted molar refractivity (Wildman–Crippen MR) is 76.3 cm³/mol. The van der Waals surface area contributed by atoms with Gasteiger partial charge in [0.15, 0.2) is 11.5 Å². The quantitative estimate of drug-likeness (QED) is 0.885. The largest absolute Gasteiger partial charge is 0.441 e. The molecule has 0 saturated carbocycles. The van der Waals surface area contributed by atoms with Gasteiger partial charge >= 0.3 is 0 Å². The third-order valence-electron chi connectivity index (χ3n) is 3.64. The van der Waals surface area contributed by atoms with E-state index in [0.717, 1.165) is 37.0 Å². The molecule has 3 rings (SSSR count). The lowest BCUT2D eigenvalue weighted by molar-refractivity contribution is -0.125. The van der Waals surface area contributed by atoms with Crippen LogP contribution in [0, 0.1) is 5.92 Å². The molecule has 20 heavy (non-hydrogen) atoms. The smallest absolute Gasteiger partial charge is 0.224 e. The van der Waals surface area contributed by atoms with Crippen LogP contribution in [0.4, 0.5) is 0 Å². The average molecular weight is 273 g/mol. The number of hydrogen-bond acceptors (Lipinski definition) is 4. The van der Waals surface area contributed by atoms with Gasteiger partial charge in [0.2, 0.25) is 5.91 Å². The van der Waals surface area contributed by atoms with E-state index < -0.39 is 0 Å². The van der Waals surface area contributed by atoms with Crippen molar-refractivity contribution in [2.75, 3.05) is 19.6 Å². The summed E-state index contributed by atoms with van der Waals surface area (Å²) in [6, 6.07) is 7.69. The Kier molecular flexibility index (Phi) is 3.97. The van der Waals surface area contributed by atoms with Gasteiger partial charge in [0.05, 0.1) is 5.92 Å². The van der Waals surface area contributed by atoms with Gasteiger partial charge in [0, 0.05) is 19.5 Å². The number of piperidine rings is 1. The van der Waals surface area contributed by atoms with Crippen LogP contribution in [0.1, 0.15) is 18.7 Å². The van der Waals surface area contributed by atoms with Crippen LogP contribution in [0.2, 0.25) is 0 Å². The second-order valence-corrected chi connectivity index (χ2v) is 5.16. The zero-order valence-electron chi connectivity index (χ0n) is 11.4. The fourth-order valence-corrected chi connectivity index (χ4v) is 2.54. The van der Waals surface area contributed by atoms with E-state index in [1.165, 1.54) is 0 Å². The molecule has 1 fully saturated rings. The Bertz CT molecular complexity index is 555. The highest BCUT2D eigenvalue weighted by Gasteiger charge is 2.20. The number of rotatable bonds is 4. The number of nitrogens with zero attached hydrogens (tertiary/aromatic N) is 1. The van der Waals surface area contributed by atoms with E-state index in [4.69, 9.17) is 4.42 Å². The third-order valence-corrected chi connectivity index (χ3v) is 3.64. The van der Waals surface area contributed by atoms with Crippen LogP contribution in [0.15, 0.2) is 28.7 Å². The molecule has 1 saturated heterocycles. The highest BCUT2D eigenvalue weighted by Crippen LogP contribution is 2.15. The molecular formula is C15H19N3O2. The summed E-state index contributed by atoms with van der Waals surface area (Å²) in [7, 11) is 0. The van der Waals surface area contributed by atoms with Crippen LogP contribution in [-0.2, 0) is 11.2 Å². The van der Waals surface area contributed by atoms with Gasteiger partial charge in [0.25, 0.3) is 0 Å². The fraction of sp³-hybridized carbons (Fsp3) is 0.467. The van der Waals surface area contributed by atoms with Crippen molar-refractivity contribution < 1.29 is 9.21 Å². The Hall–Kier alpha value is -1.88. The van der Waals surface area contributed by atoms with Crippen molar-refractivity contribution in [1.29, 1.82) is 0 Å². The first-order chi connectivity index (χ1) is 9.83. The molecule has 5 heteroatoms. The second kappa shape index (κ2) is 6.05. The number of benzene rings is 1. The van der Waals surface area contributed by atoms with Crippen LogP contribution < -0.4 is 10.6 Å². The number of fused-ring (bicyclic) bond motifs is 1. The molecule has 2 N–H and O–H groups in total.